The number of aromatic amines is 1. The van der Waals surface area contributed by atoms with Crippen molar-refractivity contribution in [1.82, 2.24) is 29.5 Å². The fraction of sp³-hybridized carbons (Fsp3) is 0.0385. The highest BCUT2D eigenvalue weighted by molar-refractivity contribution is 7.80. The molecule has 1 atom stereocenters. The fourth-order valence-corrected chi connectivity index (χ4v) is 4.89. The number of para-hydroxylation sites is 1. The van der Waals surface area contributed by atoms with Gasteiger partial charge in [0.15, 0.2) is 5.65 Å². The molecule has 0 aliphatic heterocycles. The van der Waals surface area contributed by atoms with Crippen LogP contribution in [-0.4, -0.2) is 29.5 Å². The Morgan fingerprint density at radius 2 is 1.71 bits per heavy atom. The summed E-state index contributed by atoms with van der Waals surface area (Å²) in [7, 11) is 0. The molecule has 0 saturated carbocycles. The predicted molar refractivity (Wildman–Crippen MR) is 140 cm³/mol. The molecule has 1 N–H and O–H groups in total. The minimum atomic E-state index is -0.666. The predicted octanol–water partition coefficient (Wildman–Crippen LogP) is 5.39. The lowest BCUT2D eigenvalue weighted by molar-refractivity contribution is 0.830. The van der Waals surface area contributed by atoms with Gasteiger partial charge >= 0.3 is 0 Å². The number of hydrogen-bond acceptors (Lipinski definition) is 6. The molecule has 9 heteroatoms. The Balaban J connectivity index is 1.70. The van der Waals surface area contributed by atoms with Crippen molar-refractivity contribution < 1.29 is 0 Å². The quantitative estimate of drug-likeness (QED) is 0.319. The van der Waals surface area contributed by atoms with E-state index in [2.05, 4.69) is 19.9 Å². The molecule has 0 radical (unpaired) electrons. The summed E-state index contributed by atoms with van der Waals surface area (Å²) in [6.45, 7) is 0. The Labute approximate surface area is 209 Å². The van der Waals surface area contributed by atoms with E-state index < -0.39 is 5.25 Å². The standard InChI is InChI=1S/C26H17ClN6OS/c27-17-10-6-11-18-20(17)26(34)33(19-12-5-4-9-16(19)15-7-2-1-3-8-15)25(32-18)23(35)21-22-24(30-13-28-21)31-14-29-22/h1-14,23,35H,(H,28,29,30,31). The average molecular weight is 497 g/mol. The number of fused-ring (bicyclic) bond motifs is 2. The number of hydrogen-bond donors (Lipinski definition) is 2. The van der Waals surface area contributed by atoms with E-state index in [1.54, 1.807) is 29.1 Å². The topological polar surface area (TPSA) is 89.3 Å². The van der Waals surface area contributed by atoms with Gasteiger partial charge in [-0.05, 0) is 23.8 Å². The van der Waals surface area contributed by atoms with Gasteiger partial charge in [0.1, 0.15) is 22.9 Å². The van der Waals surface area contributed by atoms with E-state index in [4.69, 9.17) is 29.2 Å². The van der Waals surface area contributed by atoms with Crippen LogP contribution < -0.4 is 5.56 Å². The molecule has 0 aliphatic carbocycles. The van der Waals surface area contributed by atoms with Gasteiger partial charge in [0, 0.05) is 5.56 Å². The molecule has 6 rings (SSSR count). The lowest BCUT2D eigenvalue weighted by Gasteiger charge is -2.20. The smallest absolute Gasteiger partial charge is 0.267 e. The Kier molecular flexibility index (Phi) is 5.32. The van der Waals surface area contributed by atoms with Crippen LogP contribution in [-0.2, 0) is 0 Å². The maximum atomic E-state index is 14.1. The summed E-state index contributed by atoms with van der Waals surface area (Å²) in [4.78, 5) is 34.9. The number of benzene rings is 3. The fourth-order valence-electron chi connectivity index (χ4n) is 4.27. The van der Waals surface area contributed by atoms with E-state index in [-0.39, 0.29) is 5.56 Å². The molecule has 170 valence electrons. The maximum Gasteiger partial charge on any atom is 0.267 e. The molecule has 35 heavy (non-hydrogen) atoms. The number of thiol groups is 1. The summed E-state index contributed by atoms with van der Waals surface area (Å²) in [5.41, 5.74) is 4.42. The first-order valence-corrected chi connectivity index (χ1v) is 11.7. The van der Waals surface area contributed by atoms with Gasteiger partial charge < -0.3 is 4.98 Å². The molecular weight excluding hydrogens is 480 g/mol. The summed E-state index contributed by atoms with van der Waals surface area (Å²) in [6, 6.07) is 22.8. The first kappa shape index (κ1) is 21.5. The molecule has 1 unspecified atom stereocenters. The van der Waals surface area contributed by atoms with Crippen molar-refractivity contribution in [2.75, 3.05) is 0 Å². The first-order chi connectivity index (χ1) is 17.1. The van der Waals surface area contributed by atoms with E-state index in [1.807, 2.05) is 54.6 Å². The summed E-state index contributed by atoms with van der Waals surface area (Å²) < 4.78 is 1.58. The molecule has 0 amide bonds. The molecule has 0 aliphatic rings. The number of halogens is 1. The molecule has 7 nitrogen and oxygen atoms in total. The number of rotatable bonds is 4. The normalized spacial score (nSPS) is 12.3. The molecule has 3 aromatic carbocycles. The second kappa shape index (κ2) is 8.65. The first-order valence-electron chi connectivity index (χ1n) is 10.8. The van der Waals surface area contributed by atoms with Crippen molar-refractivity contribution in [3.05, 3.63) is 112 Å². The van der Waals surface area contributed by atoms with E-state index >= 15 is 0 Å². The van der Waals surface area contributed by atoms with Crippen molar-refractivity contribution in [2.45, 2.75) is 5.25 Å². The minimum absolute atomic E-state index is 0.284. The van der Waals surface area contributed by atoms with E-state index in [0.29, 0.717) is 44.3 Å². The summed E-state index contributed by atoms with van der Waals surface area (Å²) in [5, 5.41) is 0.0164. The van der Waals surface area contributed by atoms with Crippen LogP contribution in [0.25, 0.3) is 38.9 Å². The SMILES string of the molecule is O=c1c2c(Cl)cccc2nc(C(S)c2ncnc3nc[nH]c23)n1-c1ccccc1-c1ccccc1. The number of aromatic nitrogens is 6. The lowest BCUT2D eigenvalue weighted by atomic mass is 10.0. The van der Waals surface area contributed by atoms with Crippen molar-refractivity contribution in [3.8, 4) is 16.8 Å². The molecule has 3 heterocycles. The van der Waals surface area contributed by atoms with Crippen LogP contribution in [0.4, 0.5) is 0 Å². The lowest BCUT2D eigenvalue weighted by Crippen LogP contribution is -2.26. The summed E-state index contributed by atoms with van der Waals surface area (Å²) in [6.07, 6.45) is 2.98. The molecule has 3 aromatic heterocycles. The summed E-state index contributed by atoms with van der Waals surface area (Å²) in [5.74, 6) is 0.408. The Morgan fingerprint density at radius 1 is 0.914 bits per heavy atom. The van der Waals surface area contributed by atoms with Crippen LogP contribution in [0, 0.1) is 0 Å². The van der Waals surface area contributed by atoms with E-state index in [0.717, 1.165) is 11.1 Å². The van der Waals surface area contributed by atoms with E-state index in [1.165, 1.54) is 6.33 Å². The van der Waals surface area contributed by atoms with Gasteiger partial charge in [-0.2, -0.15) is 12.6 Å². The third-order valence-corrected chi connectivity index (χ3v) is 6.65. The van der Waals surface area contributed by atoms with Gasteiger partial charge in [-0.3, -0.25) is 9.36 Å². The largest absolute Gasteiger partial charge is 0.342 e. The molecule has 0 saturated heterocycles. The van der Waals surface area contributed by atoms with Crippen molar-refractivity contribution >= 4 is 46.3 Å². The van der Waals surface area contributed by atoms with Crippen LogP contribution >= 0.6 is 24.2 Å². The Morgan fingerprint density at radius 3 is 2.57 bits per heavy atom. The molecule has 0 fully saturated rings. The van der Waals surface area contributed by atoms with Crippen LogP contribution in [0.3, 0.4) is 0 Å². The Bertz CT molecular complexity index is 1770. The van der Waals surface area contributed by atoms with Crippen molar-refractivity contribution in [1.29, 1.82) is 0 Å². The zero-order valence-corrected chi connectivity index (χ0v) is 19.8. The number of nitrogens with one attached hydrogen (secondary N) is 1. The van der Waals surface area contributed by atoms with E-state index in [9.17, 15) is 4.79 Å². The van der Waals surface area contributed by atoms with Gasteiger partial charge in [0.05, 0.1) is 33.6 Å². The average Bonchev–Trinajstić information content (AvgIpc) is 3.38. The number of H-pyrrole nitrogens is 1. The molecule has 0 bridgehead atoms. The van der Waals surface area contributed by atoms with Gasteiger partial charge in [0.25, 0.3) is 5.56 Å². The highest BCUT2D eigenvalue weighted by Gasteiger charge is 2.25. The maximum absolute atomic E-state index is 14.1. The van der Waals surface area contributed by atoms with Crippen LogP contribution in [0.15, 0.2) is 90.2 Å². The Hall–Kier alpha value is -4.01. The second-order valence-corrected chi connectivity index (χ2v) is 8.81. The van der Waals surface area contributed by atoms with Crippen molar-refractivity contribution in [2.24, 2.45) is 0 Å². The zero-order chi connectivity index (χ0) is 23.9. The molecule has 0 spiro atoms. The molecule has 6 aromatic rings. The van der Waals surface area contributed by atoms with Gasteiger partial charge in [-0.15, -0.1) is 0 Å². The second-order valence-electron chi connectivity index (χ2n) is 7.89. The minimum Gasteiger partial charge on any atom is -0.342 e. The highest BCUT2D eigenvalue weighted by Crippen LogP contribution is 2.34. The van der Waals surface area contributed by atoms with Gasteiger partial charge in [-0.1, -0.05) is 66.2 Å². The van der Waals surface area contributed by atoms with Gasteiger partial charge in [-0.25, -0.2) is 19.9 Å². The van der Waals surface area contributed by atoms with Crippen molar-refractivity contribution in [3.63, 3.8) is 0 Å². The zero-order valence-electron chi connectivity index (χ0n) is 18.1. The van der Waals surface area contributed by atoms with Crippen LogP contribution in [0.5, 0.6) is 0 Å². The summed E-state index contributed by atoms with van der Waals surface area (Å²) >= 11 is 11.4. The van der Waals surface area contributed by atoms with Crippen LogP contribution in [0.2, 0.25) is 5.02 Å². The number of nitrogens with zero attached hydrogens (tertiary/aromatic N) is 5. The third-order valence-electron chi connectivity index (χ3n) is 5.86. The monoisotopic (exact) mass is 496 g/mol. The number of imidazole rings is 1. The molecular formula is C26H17ClN6OS. The van der Waals surface area contributed by atoms with Crippen LogP contribution in [0.1, 0.15) is 16.8 Å². The van der Waals surface area contributed by atoms with Gasteiger partial charge in [0.2, 0.25) is 0 Å². The third kappa shape index (κ3) is 3.58. The highest BCUT2D eigenvalue weighted by atomic mass is 35.5.